The minimum atomic E-state index is -0.289. The van der Waals surface area contributed by atoms with Crippen LogP contribution in [0.15, 0.2) is 60.7 Å². The fourth-order valence-corrected chi connectivity index (χ4v) is 4.07. The van der Waals surface area contributed by atoms with Crippen LogP contribution in [-0.4, -0.2) is 29.9 Å². The molecule has 2 aromatic rings. The quantitative estimate of drug-likeness (QED) is 0.821. The van der Waals surface area contributed by atoms with Crippen LogP contribution in [0, 0.1) is 5.41 Å². The third-order valence-electron chi connectivity index (χ3n) is 5.68. The number of rotatable bonds is 3. The van der Waals surface area contributed by atoms with Gasteiger partial charge in [0.15, 0.2) is 5.78 Å². The lowest BCUT2D eigenvalue weighted by Crippen LogP contribution is -2.42. The number of nitrogens with zero attached hydrogens (tertiary/aromatic N) is 1. The SMILES string of the molecule is Nc1cccc(C2=CC3(CCN(C(=O)OCc4ccccc4)CC3)CC2=O)c1. The number of benzene rings is 2. The summed E-state index contributed by atoms with van der Waals surface area (Å²) in [4.78, 5) is 26.7. The van der Waals surface area contributed by atoms with Crippen molar-refractivity contribution >= 4 is 23.1 Å². The highest BCUT2D eigenvalue weighted by molar-refractivity contribution is 6.23. The summed E-state index contributed by atoms with van der Waals surface area (Å²) in [7, 11) is 0. The molecule has 1 fully saturated rings. The smallest absolute Gasteiger partial charge is 0.410 e. The Morgan fingerprint density at radius 3 is 2.54 bits per heavy atom. The molecule has 1 spiro atoms. The molecular weight excluding hydrogens is 352 g/mol. The van der Waals surface area contributed by atoms with E-state index < -0.39 is 0 Å². The van der Waals surface area contributed by atoms with Crippen molar-refractivity contribution in [3.63, 3.8) is 0 Å². The number of nitrogens with two attached hydrogens (primary N) is 1. The first-order valence-electron chi connectivity index (χ1n) is 9.62. The lowest BCUT2D eigenvalue weighted by Gasteiger charge is -2.37. The van der Waals surface area contributed by atoms with Crippen LogP contribution < -0.4 is 5.73 Å². The number of ether oxygens (including phenoxy) is 1. The lowest BCUT2D eigenvalue weighted by molar-refractivity contribution is -0.114. The Hall–Kier alpha value is -3.08. The number of Topliss-reactive ketones (excluding diaryl/α,β-unsaturated/α-hetero) is 1. The van der Waals surface area contributed by atoms with Crippen LogP contribution in [0.2, 0.25) is 0 Å². The second-order valence-corrected chi connectivity index (χ2v) is 7.67. The molecule has 0 saturated carbocycles. The van der Waals surface area contributed by atoms with Gasteiger partial charge in [-0.05, 0) is 41.5 Å². The van der Waals surface area contributed by atoms with Crippen LogP contribution in [-0.2, 0) is 16.1 Å². The maximum atomic E-state index is 12.6. The zero-order valence-corrected chi connectivity index (χ0v) is 15.8. The number of anilines is 1. The van der Waals surface area contributed by atoms with E-state index in [-0.39, 0.29) is 23.9 Å². The van der Waals surface area contributed by atoms with Crippen molar-refractivity contribution in [3.05, 3.63) is 71.8 Å². The topological polar surface area (TPSA) is 72.6 Å². The average molecular weight is 376 g/mol. The number of nitrogen functional groups attached to an aromatic ring is 1. The Bertz CT molecular complexity index is 912. The third-order valence-corrected chi connectivity index (χ3v) is 5.68. The highest BCUT2D eigenvalue weighted by Crippen LogP contribution is 2.45. The minimum absolute atomic E-state index is 0.158. The first-order valence-corrected chi connectivity index (χ1v) is 9.62. The van der Waals surface area contributed by atoms with Crippen molar-refractivity contribution in [2.24, 2.45) is 5.41 Å². The van der Waals surface area contributed by atoms with Crippen molar-refractivity contribution in [2.75, 3.05) is 18.8 Å². The van der Waals surface area contributed by atoms with Crippen molar-refractivity contribution in [1.82, 2.24) is 4.90 Å². The highest BCUT2D eigenvalue weighted by atomic mass is 16.6. The summed E-state index contributed by atoms with van der Waals surface area (Å²) in [6.07, 6.45) is 3.86. The Morgan fingerprint density at radius 2 is 1.82 bits per heavy atom. The van der Waals surface area contributed by atoms with Gasteiger partial charge < -0.3 is 15.4 Å². The van der Waals surface area contributed by atoms with Crippen LogP contribution in [0.25, 0.3) is 5.57 Å². The zero-order valence-electron chi connectivity index (χ0n) is 15.8. The van der Waals surface area contributed by atoms with Crippen LogP contribution in [0.4, 0.5) is 10.5 Å². The molecule has 0 atom stereocenters. The summed E-state index contributed by atoms with van der Waals surface area (Å²) in [5.41, 5.74) is 8.97. The molecule has 28 heavy (non-hydrogen) atoms. The summed E-state index contributed by atoms with van der Waals surface area (Å²) in [5.74, 6) is 0.158. The van der Waals surface area contributed by atoms with E-state index in [9.17, 15) is 9.59 Å². The number of carbonyl (C=O) groups is 2. The van der Waals surface area contributed by atoms with Crippen LogP contribution in [0.1, 0.15) is 30.4 Å². The van der Waals surface area contributed by atoms with E-state index in [1.807, 2.05) is 54.6 Å². The molecule has 144 valence electrons. The van der Waals surface area contributed by atoms with Gasteiger partial charge in [-0.3, -0.25) is 4.79 Å². The van der Waals surface area contributed by atoms with E-state index in [0.29, 0.717) is 25.2 Å². The van der Waals surface area contributed by atoms with Gasteiger partial charge in [-0.25, -0.2) is 4.79 Å². The van der Waals surface area contributed by atoms with Gasteiger partial charge in [0, 0.05) is 30.8 Å². The van der Waals surface area contributed by atoms with E-state index in [1.54, 1.807) is 4.90 Å². The highest BCUT2D eigenvalue weighted by Gasteiger charge is 2.41. The van der Waals surface area contributed by atoms with Gasteiger partial charge in [-0.15, -0.1) is 0 Å². The maximum Gasteiger partial charge on any atom is 0.410 e. The van der Waals surface area contributed by atoms with Gasteiger partial charge in [-0.2, -0.15) is 0 Å². The Labute approximate surface area is 164 Å². The molecule has 1 saturated heterocycles. The molecule has 1 heterocycles. The summed E-state index contributed by atoms with van der Waals surface area (Å²) < 4.78 is 5.43. The number of allylic oxidation sites excluding steroid dienone is 2. The molecule has 0 radical (unpaired) electrons. The van der Waals surface area contributed by atoms with Gasteiger partial charge in [0.25, 0.3) is 0 Å². The molecule has 5 heteroatoms. The van der Waals surface area contributed by atoms with E-state index >= 15 is 0 Å². The first kappa shape index (κ1) is 18.3. The molecule has 0 unspecified atom stereocenters. The van der Waals surface area contributed by atoms with E-state index in [1.165, 1.54) is 0 Å². The van der Waals surface area contributed by atoms with Crippen molar-refractivity contribution in [2.45, 2.75) is 25.9 Å². The number of amides is 1. The zero-order chi connectivity index (χ0) is 19.6. The number of likely N-dealkylation sites (tertiary alicyclic amines) is 1. The number of piperidine rings is 1. The molecule has 1 aliphatic heterocycles. The predicted molar refractivity (Wildman–Crippen MR) is 108 cm³/mol. The minimum Gasteiger partial charge on any atom is -0.445 e. The molecule has 0 aromatic heterocycles. The predicted octanol–water partition coefficient (Wildman–Crippen LogP) is 4.04. The molecule has 4 rings (SSSR count). The largest absolute Gasteiger partial charge is 0.445 e. The molecular formula is C23H24N2O3. The van der Waals surface area contributed by atoms with Crippen LogP contribution in [0.3, 0.4) is 0 Å². The number of hydrogen-bond acceptors (Lipinski definition) is 4. The normalized spacial score (nSPS) is 18.2. The van der Waals surface area contributed by atoms with Crippen molar-refractivity contribution in [3.8, 4) is 0 Å². The second-order valence-electron chi connectivity index (χ2n) is 7.67. The molecule has 2 aliphatic rings. The number of ketones is 1. The van der Waals surface area contributed by atoms with Gasteiger partial charge in [0.1, 0.15) is 6.61 Å². The molecule has 1 amide bonds. The monoisotopic (exact) mass is 376 g/mol. The van der Waals surface area contributed by atoms with E-state index in [0.717, 1.165) is 29.5 Å². The molecule has 0 bridgehead atoms. The number of hydrogen-bond donors (Lipinski definition) is 1. The average Bonchev–Trinajstić information content (AvgIpc) is 3.03. The second kappa shape index (κ2) is 7.50. The van der Waals surface area contributed by atoms with E-state index in [4.69, 9.17) is 10.5 Å². The molecule has 2 aromatic carbocycles. The van der Waals surface area contributed by atoms with Crippen molar-refractivity contribution < 1.29 is 14.3 Å². The standard InChI is InChI=1S/C23H24N2O3/c24-19-8-4-7-18(13-19)20-14-23(15-21(20)26)9-11-25(12-10-23)22(27)28-16-17-5-2-1-3-6-17/h1-8,13-14H,9-12,15-16,24H2. The van der Waals surface area contributed by atoms with Crippen LogP contribution >= 0.6 is 0 Å². The van der Waals surface area contributed by atoms with E-state index in [2.05, 4.69) is 6.08 Å². The number of carbonyl (C=O) groups excluding carboxylic acids is 2. The van der Waals surface area contributed by atoms with Gasteiger partial charge in [0.05, 0.1) is 0 Å². The maximum absolute atomic E-state index is 12.6. The Kier molecular flexibility index (Phi) is 4.90. The van der Waals surface area contributed by atoms with Crippen LogP contribution in [0.5, 0.6) is 0 Å². The van der Waals surface area contributed by atoms with Gasteiger partial charge in [0.2, 0.25) is 0 Å². The summed E-state index contributed by atoms with van der Waals surface area (Å²) in [5, 5.41) is 0. The fraction of sp³-hybridized carbons (Fsp3) is 0.304. The fourth-order valence-electron chi connectivity index (χ4n) is 4.07. The lowest BCUT2D eigenvalue weighted by atomic mass is 9.78. The summed E-state index contributed by atoms with van der Waals surface area (Å²) >= 11 is 0. The van der Waals surface area contributed by atoms with Crippen molar-refractivity contribution in [1.29, 1.82) is 0 Å². The van der Waals surface area contributed by atoms with Gasteiger partial charge >= 0.3 is 6.09 Å². The third kappa shape index (κ3) is 3.79. The Balaban J connectivity index is 1.38. The first-order chi connectivity index (χ1) is 13.5. The molecule has 5 nitrogen and oxygen atoms in total. The summed E-state index contributed by atoms with van der Waals surface area (Å²) in [6, 6.07) is 17.1. The Morgan fingerprint density at radius 1 is 1.07 bits per heavy atom. The molecule has 2 N–H and O–H groups in total. The molecule has 1 aliphatic carbocycles. The van der Waals surface area contributed by atoms with Gasteiger partial charge in [-0.1, -0.05) is 48.5 Å². The summed E-state index contributed by atoms with van der Waals surface area (Å²) in [6.45, 7) is 1.47.